The fourth-order valence-electron chi connectivity index (χ4n) is 1.59. The van der Waals surface area contributed by atoms with Crippen molar-refractivity contribution >= 4 is 15.7 Å². The molecule has 1 aromatic rings. The number of hydrogen-bond acceptors (Lipinski definition) is 5. The van der Waals surface area contributed by atoms with Gasteiger partial charge in [0.2, 0.25) is 10.0 Å². The predicted molar refractivity (Wildman–Crippen MR) is 73.2 cm³/mol. The third-order valence-corrected chi connectivity index (χ3v) is 4.21. The van der Waals surface area contributed by atoms with Crippen LogP contribution in [0, 0.1) is 12.7 Å². The first kappa shape index (κ1) is 16.8. The monoisotopic (exact) mass is 306 g/mol. The summed E-state index contributed by atoms with van der Waals surface area (Å²) < 4.78 is 44.5. The normalized spacial score (nSPS) is 13.4. The van der Waals surface area contributed by atoms with Gasteiger partial charge in [-0.2, -0.15) is 0 Å². The zero-order valence-electron chi connectivity index (χ0n) is 11.4. The zero-order chi connectivity index (χ0) is 15.3. The van der Waals surface area contributed by atoms with Crippen molar-refractivity contribution in [3.8, 4) is 0 Å². The van der Waals surface area contributed by atoms with Gasteiger partial charge in [-0.1, -0.05) is 0 Å². The summed E-state index contributed by atoms with van der Waals surface area (Å²) in [6.45, 7) is 1.66. The smallest absolute Gasteiger partial charge is 0.243 e. The molecule has 0 saturated heterocycles. The third-order valence-electron chi connectivity index (χ3n) is 2.74. The van der Waals surface area contributed by atoms with Gasteiger partial charge in [0.15, 0.2) is 0 Å². The van der Waals surface area contributed by atoms with Gasteiger partial charge in [0.1, 0.15) is 10.7 Å². The molecular formula is C12H19FN2O4S. The molecule has 1 aromatic carbocycles. The van der Waals surface area contributed by atoms with E-state index < -0.39 is 26.8 Å². The highest BCUT2D eigenvalue weighted by Gasteiger charge is 2.20. The summed E-state index contributed by atoms with van der Waals surface area (Å²) in [6.07, 6.45) is -0.619. The standard InChI is InChI=1S/C12H19FN2O4S/c1-8-5-10(13)12(6-11(8)14)20(17,18)15-4-3-9(16)7-19-2/h5-6,9,15-16H,3-4,7,14H2,1-2H3. The van der Waals surface area contributed by atoms with Crippen LogP contribution in [0.25, 0.3) is 0 Å². The molecular weight excluding hydrogens is 287 g/mol. The minimum atomic E-state index is -4.00. The fourth-order valence-corrected chi connectivity index (χ4v) is 2.73. The van der Waals surface area contributed by atoms with Gasteiger partial charge in [0.05, 0.1) is 12.7 Å². The summed E-state index contributed by atoms with van der Waals surface area (Å²) in [7, 11) is -2.57. The van der Waals surface area contributed by atoms with Crippen molar-refractivity contribution in [2.75, 3.05) is 26.0 Å². The second-order valence-corrected chi connectivity index (χ2v) is 6.17. The Morgan fingerprint density at radius 2 is 2.15 bits per heavy atom. The van der Waals surface area contributed by atoms with Crippen molar-refractivity contribution in [2.45, 2.75) is 24.3 Å². The maximum atomic E-state index is 13.7. The quantitative estimate of drug-likeness (QED) is 0.633. The van der Waals surface area contributed by atoms with E-state index in [0.717, 1.165) is 12.1 Å². The summed E-state index contributed by atoms with van der Waals surface area (Å²) in [4.78, 5) is -0.498. The van der Waals surface area contributed by atoms with E-state index in [1.165, 1.54) is 7.11 Å². The van der Waals surface area contributed by atoms with Crippen LogP contribution < -0.4 is 10.5 Å². The molecule has 1 unspecified atom stereocenters. The molecule has 0 bridgehead atoms. The third kappa shape index (κ3) is 4.41. The number of sulfonamides is 1. The first-order valence-electron chi connectivity index (χ1n) is 6.00. The van der Waals surface area contributed by atoms with E-state index in [1.807, 2.05) is 0 Å². The first-order chi connectivity index (χ1) is 9.27. The molecule has 0 saturated carbocycles. The predicted octanol–water partition coefficient (Wildman–Crippen LogP) is 0.392. The Kier molecular flexibility index (Phi) is 5.88. The Morgan fingerprint density at radius 1 is 1.50 bits per heavy atom. The number of anilines is 1. The van der Waals surface area contributed by atoms with Crippen molar-refractivity contribution in [3.63, 3.8) is 0 Å². The molecule has 1 rings (SSSR count). The van der Waals surface area contributed by atoms with Gasteiger partial charge >= 0.3 is 0 Å². The maximum absolute atomic E-state index is 13.7. The van der Waals surface area contributed by atoms with Crippen molar-refractivity contribution in [1.82, 2.24) is 4.72 Å². The number of halogens is 1. The average molecular weight is 306 g/mol. The lowest BCUT2D eigenvalue weighted by Crippen LogP contribution is -2.29. The minimum absolute atomic E-state index is 0.0277. The molecule has 0 spiro atoms. The molecule has 0 radical (unpaired) electrons. The number of ether oxygens (including phenoxy) is 1. The highest BCUT2D eigenvalue weighted by Crippen LogP contribution is 2.21. The van der Waals surface area contributed by atoms with Gasteiger partial charge in [0, 0.05) is 19.3 Å². The Hall–Kier alpha value is -1.22. The molecule has 0 aliphatic rings. The molecule has 0 aliphatic carbocycles. The molecule has 1 atom stereocenters. The maximum Gasteiger partial charge on any atom is 0.243 e. The van der Waals surface area contributed by atoms with Gasteiger partial charge in [0.25, 0.3) is 0 Å². The van der Waals surface area contributed by atoms with Crippen LogP contribution in [-0.4, -0.2) is 39.9 Å². The Morgan fingerprint density at radius 3 is 2.75 bits per heavy atom. The van der Waals surface area contributed by atoms with E-state index in [2.05, 4.69) is 4.72 Å². The van der Waals surface area contributed by atoms with Crippen LogP contribution in [0.5, 0.6) is 0 Å². The van der Waals surface area contributed by atoms with Gasteiger partial charge in [-0.3, -0.25) is 0 Å². The summed E-state index contributed by atoms with van der Waals surface area (Å²) >= 11 is 0. The number of benzene rings is 1. The molecule has 0 amide bonds. The topological polar surface area (TPSA) is 102 Å². The molecule has 8 heteroatoms. The summed E-state index contributed by atoms with van der Waals surface area (Å²) in [5, 5.41) is 9.40. The number of rotatable bonds is 7. The van der Waals surface area contributed by atoms with E-state index in [-0.39, 0.29) is 25.3 Å². The van der Waals surface area contributed by atoms with Gasteiger partial charge in [-0.15, -0.1) is 0 Å². The molecule has 114 valence electrons. The van der Waals surface area contributed by atoms with Crippen LogP contribution in [0.2, 0.25) is 0 Å². The number of aryl methyl sites for hydroxylation is 1. The lowest BCUT2D eigenvalue weighted by molar-refractivity contribution is 0.0603. The summed E-state index contributed by atoms with van der Waals surface area (Å²) in [5.41, 5.74) is 6.26. The fraction of sp³-hybridized carbons (Fsp3) is 0.500. The van der Waals surface area contributed by atoms with Gasteiger partial charge in [-0.05, 0) is 31.0 Å². The molecule has 20 heavy (non-hydrogen) atoms. The largest absolute Gasteiger partial charge is 0.398 e. The zero-order valence-corrected chi connectivity index (χ0v) is 12.2. The van der Waals surface area contributed by atoms with E-state index in [9.17, 15) is 17.9 Å². The second-order valence-electron chi connectivity index (χ2n) is 4.43. The number of aliphatic hydroxyl groups is 1. The second kappa shape index (κ2) is 6.98. The number of aliphatic hydroxyl groups excluding tert-OH is 1. The average Bonchev–Trinajstić information content (AvgIpc) is 2.33. The van der Waals surface area contributed by atoms with E-state index in [4.69, 9.17) is 10.5 Å². The van der Waals surface area contributed by atoms with Crippen molar-refractivity contribution in [3.05, 3.63) is 23.5 Å². The van der Waals surface area contributed by atoms with E-state index in [0.29, 0.717) is 5.56 Å². The van der Waals surface area contributed by atoms with Crippen LogP contribution in [0.4, 0.5) is 10.1 Å². The highest BCUT2D eigenvalue weighted by atomic mass is 32.2. The Bertz CT molecular complexity index is 563. The van der Waals surface area contributed by atoms with Gasteiger partial charge in [-0.25, -0.2) is 17.5 Å². The van der Waals surface area contributed by atoms with Crippen LogP contribution in [0.1, 0.15) is 12.0 Å². The molecule has 0 heterocycles. The molecule has 0 fully saturated rings. The van der Waals surface area contributed by atoms with Crippen LogP contribution in [-0.2, 0) is 14.8 Å². The number of nitrogens with one attached hydrogen (secondary N) is 1. The van der Waals surface area contributed by atoms with Crippen LogP contribution in [0.15, 0.2) is 17.0 Å². The van der Waals surface area contributed by atoms with Crippen molar-refractivity contribution in [2.24, 2.45) is 0 Å². The van der Waals surface area contributed by atoms with Gasteiger partial charge < -0.3 is 15.6 Å². The summed E-state index contributed by atoms with van der Waals surface area (Å²) in [5.74, 6) is -0.860. The van der Waals surface area contributed by atoms with Crippen molar-refractivity contribution in [1.29, 1.82) is 0 Å². The Balaban J connectivity index is 2.77. The lowest BCUT2D eigenvalue weighted by atomic mass is 10.2. The van der Waals surface area contributed by atoms with Crippen LogP contribution >= 0.6 is 0 Å². The molecule has 0 aliphatic heterocycles. The SMILES string of the molecule is COCC(O)CCNS(=O)(=O)c1cc(N)c(C)cc1F. The molecule has 6 nitrogen and oxygen atoms in total. The summed E-state index contributed by atoms with van der Waals surface area (Å²) in [6, 6.07) is 2.16. The van der Waals surface area contributed by atoms with E-state index >= 15 is 0 Å². The minimum Gasteiger partial charge on any atom is -0.398 e. The highest BCUT2D eigenvalue weighted by molar-refractivity contribution is 7.89. The number of nitrogen functional groups attached to an aromatic ring is 1. The number of hydrogen-bond donors (Lipinski definition) is 3. The number of nitrogens with two attached hydrogens (primary N) is 1. The number of methoxy groups -OCH3 is 1. The Labute approximate surface area is 117 Å². The van der Waals surface area contributed by atoms with Crippen molar-refractivity contribution < 1.29 is 22.7 Å². The molecule has 0 aromatic heterocycles. The molecule has 4 N–H and O–H groups in total. The lowest BCUT2D eigenvalue weighted by Gasteiger charge is -2.12. The first-order valence-corrected chi connectivity index (χ1v) is 7.48. The van der Waals surface area contributed by atoms with Crippen LogP contribution in [0.3, 0.4) is 0 Å². The van der Waals surface area contributed by atoms with E-state index in [1.54, 1.807) is 6.92 Å².